The highest BCUT2D eigenvalue weighted by Crippen LogP contribution is 2.15. The number of aliphatic hydroxyl groups excluding tert-OH is 1. The summed E-state index contributed by atoms with van der Waals surface area (Å²) in [4.78, 5) is 10.9. The van der Waals surface area contributed by atoms with Crippen LogP contribution in [0.1, 0.15) is 6.42 Å². The normalized spacial score (nSPS) is 11.9. The summed E-state index contributed by atoms with van der Waals surface area (Å²) < 4.78 is 5.39. The van der Waals surface area contributed by atoms with Crippen LogP contribution in [-0.4, -0.2) is 43.9 Å². The molecule has 0 aliphatic carbocycles. The molecule has 0 saturated carbocycles. The zero-order valence-electron chi connectivity index (χ0n) is 10.9. The second-order valence-corrected chi connectivity index (χ2v) is 4.48. The Bertz CT molecular complexity index is 384. The van der Waals surface area contributed by atoms with Gasteiger partial charge < -0.3 is 20.5 Å². The van der Waals surface area contributed by atoms with Crippen molar-refractivity contribution in [2.75, 3.05) is 26.7 Å². The third kappa shape index (κ3) is 7.00. The van der Waals surface area contributed by atoms with Gasteiger partial charge >= 0.3 is 0 Å². The molecule has 19 heavy (non-hydrogen) atoms. The molecule has 0 saturated heterocycles. The zero-order chi connectivity index (χ0) is 14.1. The topological polar surface area (TPSA) is 70.6 Å². The van der Waals surface area contributed by atoms with Crippen LogP contribution in [0.25, 0.3) is 0 Å². The van der Waals surface area contributed by atoms with E-state index in [2.05, 4.69) is 10.6 Å². The van der Waals surface area contributed by atoms with Crippen LogP contribution < -0.4 is 15.4 Å². The average Bonchev–Trinajstić information content (AvgIpc) is 2.42. The summed E-state index contributed by atoms with van der Waals surface area (Å²) in [5.41, 5.74) is 0. The van der Waals surface area contributed by atoms with E-state index in [1.165, 1.54) is 0 Å². The first kappa shape index (κ1) is 15.8. The minimum Gasteiger partial charge on any atom is -0.491 e. The van der Waals surface area contributed by atoms with Crippen LogP contribution in [0, 0.1) is 0 Å². The summed E-state index contributed by atoms with van der Waals surface area (Å²) in [5, 5.41) is 15.8. The fourth-order valence-corrected chi connectivity index (χ4v) is 1.50. The number of halogens is 1. The molecular weight excluding hydrogens is 268 g/mol. The Balaban J connectivity index is 2.12. The molecule has 0 bridgehead atoms. The van der Waals surface area contributed by atoms with Crippen LogP contribution in [0.3, 0.4) is 0 Å². The summed E-state index contributed by atoms with van der Waals surface area (Å²) in [7, 11) is 1.59. The number of aliphatic hydroxyl groups is 1. The smallest absolute Gasteiger partial charge is 0.221 e. The quantitative estimate of drug-likeness (QED) is 0.619. The monoisotopic (exact) mass is 286 g/mol. The lowest BCUT2D eigenvalue weighted by Crippen LogP contribution is -2.33. The summed E-state index contributed by atoms with van der Waals surface area (Å²) in [6.07, 6.45) is -0.235. The molecular formula is C13H19ClN2O3. The molecule has 1 atom stereocenters. The molecule has 0 spiro atoms. The molecule has 0 fully saturated rings. The number of amides is 1. The first-order chi connectivity index (χ1) is 9.11. The van der Waals surface area contributed by atoms with Gasteiger partial charge in [-0.15, -0.1) is 0 Å². The lowest BCUT2D eigenvalue weighted by molar-refractivity contribution is -0.120. The van der Waals surface area contributed by atoms with E-state index >= 15 is 0 Å². The van der Waals surface area contributed by atoms with Crippen molar-refractivity contribution in [2.24, 2.45) is 0 Å². The van der Waals surface area contributed by atoms with Crippen molar-refractivity contribution in [2.45, 2.75) is 12.5 Å². The van der Waals surface area contributed by atoms with Gasteiger partial charge in [0, 0.05) is 31.6 Å². The van der Waals surface area contributed by atoms with E-state index in [0.717, 1.165) is 0 Å². The number of hydrogen-bond donors (Lipinski definition) is 3. The van der Waals surface area contributed by atoms with E-state index < -0.39 is 6.10 Å². The largest absolute Gasteiger partial charge is 0.491 e. The Labute approximate surface area is 117 Å². The second-order valence-electron chi connectivity index (χ2n) is 4.05. The van der Waals surface area contributed by atoms with E-state index in [1.54, 1.807) is 31.3 Å². The maximum Gasteiger partial charge on any atom is 0.221 e. The lowest BCUT2D eigenvalue weighted by atomic mass is 10.3. The molecule has 5 nitrogen and oxygen atoms in total. The van der Waals surface area contributed by atoms with Gasteiger partial charge in [-0.2, -0.15) is 0 Å². The molecule has 0 radical (unpaired) electrons. The molecule has 1 aromatic carbocycles. The fraction of sp³-hybridized carbons (Fsp3) is 0.462. The van der Waals surface area contributed by atoms with Gasteiger partial charge in [-0.1, -0.05) is 11.6 Å². The second kappa shape index (κ2) is 8.74. The highest BCUT2D eigenvalue weighted by Gasteiger charge is 2.05. The van der Waals surface area contributed by atoms with E-state index in [1.807, 2.05) is 0 Å². The zero-order valence-corrected chi connectivity index (χ0v) is 11.6. The Morgan fingerprint density at radius 2 is 2.11 bits per heavy atom. The van der Waals surface area contributed by atoms with Gasteiger partial charge in [-0.25, -0.2) is 0 Å². The van der Waals surface area contributed by atoms with Crippen molar-refractivity contribution < 1.29 is 14.6 Å². The molecule has 0 aromatic heterocycles. The van der Waals surface area contributed by atoms with Gasteiger partial charge in [0.05, 0.1) is 0 Å². The molecule has 0 aliphatic heterocycles. The van der Waals surface area contributed by atoms with E-state index in [0.29, 0.717) is 30.3 Å². The van der Waals surface area contributed by atoms with Gasteiger partial charge in [-0.05, 0) is 24.3 Å². The molecule has 1 rings (SSSR count). The molecule has 1 unspecified atom stereocenters. The molecule has 1 aromatic rings. The van der Waals surface area contributed by atoms with E-state index in [9.17, 15) is 9.90 Å². The first-order valence-corrected chi connectivity index (χ1v) is 6.47. The molecule has 0 heterocycles. The summed E-state index contributed by atoms with van der Waals surface area (Å²) >= 11 is 5.75. The van der Waals surface area contributed by atoms with Gasteiger partial charge in [-0.3, -0.25) is 4.79 Å². The van der Waals surface area contributed by atoms with Crippen molar-refractivity contribution in [3.05, 3.63) is 29.3 Å². The van der Waals surface area contributed by atoms with Crippen LogP contribution in [0.4, 0.5) is 0 Å². The summed E-state index contributed by atoms with van der Waals surface area (Å²) in [6, 6.07) is 6.94. The average molecular weight is 287 g/mol. The number of rotatable bonds is 8. The highest BCUT2D eigenvalue weighted by molar-refractivity contribution is 6.30. The predicted molar refractivity (Wildman–Crippen MR) is 74.5 cm³/mol. The molecule has 6 heteroatoms. The number of ether oxygens (including phenoxy) is 1. The van der Waals surface area contributed by atoms with Crippen LogP contribution in [-0.2, 0) is 4.79 Å². The lowest BCUT2D eigenvalue weighted by Gasteiger charge is -2.13. The van der Waals surface area contributed by atoms with E-state index in [4.69, 9.17) is 16.3 Å². The van der Waals surface area contributed by atoms with Crippen molar-refractivity contribution in [1.29, 1.82) is 0 Å². The maximum atomic E-state index is 10.9. The minimum absolute atomic E-state index is 0.0283. The summed E-state index contributed by atoms with van der Waals surface area (Å²) in [6.45, 7) is 1.09. The van der Waals surface area contributed by atoms with Gasteiger partial charge in [0.2, 0.25) is 5.91 Å². The van der Waals surface area contributed by atoms with Gasteiger partial charge in [0.25, 0.3) is 0 Å². The molecule has 3 N–H and O–H groups in total. The number of hydrogen-bond acceptors (Lipinski definition) is 4. The SMILES string of the molecule is CNC(=O)CCNCC(O)COc1ccc(Cl)cc1. The third-order valence-corrected chi connectivity index (χ3v) is 2.70. The summed E-state index contributed by atoms with van der Waals surface area (Å²) in [5.74, 6) is 0.633. The number of carbonyl (C=O) groups excluding carboxylic acids is 1. The first-order valence-electron chi connectivity index (χ1n) is 6.09. The van der Waals surface area contributed by atoms with Crippen molar-refractivity contribution in [3.63, 3.8) is 0 Å². The Morgan fingerprint density at radius 1 is 1.42 bits per heavy atom. The Hall–Kier alpha value is -1.30. The molecule has 106 valence electrons. The fourth-order valence-electron chi connectivity index (χ4n) is 1.38. The van der Waals surface area contributed by atoms with Crippen LogP contribution in [0.15, 0.2) is 24.3 Å². The van der Waals surface area contributed by atoms with E-state index in [-0.39, 0.29) is 12.5 Å². The number of carbonyl (C=O) groups is 1. The number of nitrogens with one attached hydrogen (secondary N) is 2. The van der Waals surface area contributed by atoms with Crippen LogP contribution in [0.5, 0.6) is 5.75 Å². The minimum atomic E-state index is -0.625. The number of benzene rings is 1. The van der Waals surface area contributed by atoms with Crippen molar-refractivity contribution in [3.8, 4) is 5.75 Å². The van der Waals surface area contributed by atoms with Crippen molar-refractivity contribution in [1.82, 2.24) is 10.6 Å². The third-order valence-electron chi connectivity index (χ3n) is 2.44. The maximum absolute atomic E-state index is 10.9. The Kier molecular flexibility index (Phi) is 7.25. The van der Waals surface area contributed by atoms with Gasteiger partial charge in [0.15, 0.2) is 0 Å². The Morgan fingerprint density at radius 3 is 2.74 bits per heavy atom. The highest BCUT2D eigenvalue weighted by atomic mass is 35.5. The predicted octanol–water partition coefficient (Wildman–Crippen LogP) is 0.805. The van der Waals surface area contributed by atoms with Gasteiger partial charge in [0.1, 0.15) is 18.5 Å². The standard InChI is InChI=1S/C13H19ClN2O3/c1-15-13(18)6-7-16-8-11(17)9-19-12-4-2-10(14)3-5-12/h2-5,11,16-17H,6-9H2,1H3,(H,15,18). The molecule has 0 aliphatic rings. The van der Waals surface area contributed by atoms with Crippen LogP contribution in [0.2, 0.25) is 5.02 Å². The van der Waals surface area contributed by atoms with Crippen molar-refractivity contribution >= 4 is 17.5 Å². The molecule has 1 amide bonds. The van der Waals surface area contributed by atoms with Crippen LogP contribution >= 0.6 is 11.6 Å².